The molecule has 0 aromatic heterocycles. The van der Waals surface area contributed by atoms with Gasteiger partial charge in [0.05, 0.1) is 5.02 Å². The van der Waals surface area contributed by atoms with Gasteiger partial charge in [-0.1, -0.05) is 18.5 Å². The summed E-state index contributed by atoms with van der Waals surface area (Å²) in [4.78, 5) is 24.8. The van der Waals surface area contributed by atoms with E-state index in [2.05, 4.69) is 0 Å². The number of carboxylic acid groups (broad SMARTS) is 1. The van der Waals surface area contributed by atoms with Gasteiger partial charge in [-0.3, -0.25) is 4.79 Å². The lowest BCUT2D eigenvalue weighted by Crippen LogP contribution is -2.51. The van der Waals surface area contributed by atoms with Crippen LogP contribution in [0.2, 0.25) is 5.02 Å². The molecule has 1 aromatic carbocycles. The van der Waals surface area contributed by atoms with Gasteiger partial charge in [0.1, 0.15) is 17.6 Å². The Morgan fingerprint density at radius 3 is 2.86 bits per heavy atom. The minimum absolute atomic E-state index is 0.0971. The fourth-order valence-electron chi connectivity index (χ4n) is 2.47. The molecule has 1 aliphatic heterocycles. The van der Waals surface area contributed by atoms with E-state index in [9.17, 15) is 19.1 Å². The fraction of sp³-hybridized carbons (Fsp3) is 0.467. The summed E-state index contributed by atoms with van der Waals surface area (Å²) in [5.74, 6) is -1.46. The van der Waals surface area contributed by atoms with Crippen LogP contribution in [0.4, 0.5) is 4.39 Å². The van der Waals surface area contributed by atoms with E-state index in [-0.39, 0.29) is 23.3 Å². The zero-order valence-corrected chi connectivity index (χ0v) is 12.8. The molecule has 0 bridgehead atoms. The first kappa shape index (κ1) is 16.5. The normalized spacial score (nSPS) is 21.5. The predicted molar refractivity (Wildman–Crippen MR) is 78.4 cm³/mol. The lowest BCUT2D eigenvalue weighted by Gasteiger charge is -2.35. The van der Waals surface area contributed by atoms with E-state index in [1.54, 1.807) is 0 Å². The van der Waals surface area contributed by atoms with E-state index >= 15 is 0 Å². The summed E-state index contributed by atoms with van der Waals surface area (Å²) >= 11 is 5.63. The maximum atomic E-state index is 13.0. The van der Waals surface area contributed by atoms with E-state index in [0.29, 0.717) is 13.0 Å². The third-order valence-electron chi connectivity index (χ3n) is 3.72. The van der Waals surface area contributed by atoms with Crippen molar-refractivity contribution in [3.8, 4) is 5.75 Å². The molecule has 7 heteroatoms. The first-order chi connectivity index (χ1) is 10.4. The number of carboxylic acids is 1. The van der Waals surface area contributed by atoms with Crippen molar-refractivity contribution in [3.05, 3.63) is 29.0 Å². The Balaban J connectivity index is 1.98. The molecule has 1 saturated heterocycles. The van der Waals surface area contributed by atoms with E-state index in [4.69, 9.17) is 16.3 Å². The van der Waals surface area contributed by atoms with Gasteiger partial charge in [-0.2, -0.15) is 0 Å². The van der Waals surface area contributed by atoms with Crippen LogP contribution in [0.3, 0.4) is 0 Å². The fourth-order valence-corrected chi connectivity index (χ4v) is 2.64. The number of carbonyl (C=O) groups is 2. The van der Waals surface area contributed by atoms with Gasteiger partial charge in [-0.05, 0) is 30.9 Å². The standard InChI is InChI=1S/C15H17ClFNO4/c1-9-4-5-18(13(6-9)15(20)21)14(19)8-22-10-2-3-12(17)11(16)7-10/h2-3,7,9,13H,4-6,8H2,1H3,(H,20,21). The Labute approximate surface area is 132 Å². The van der Waals surface area contributed by atoms with Gasteiger partial charge in [0.2, 0.25) is 0 Å². The van der Waals surface area contributed by atoms with Crippen molar-refractivity contribution >= 4 is 23.5 Å². The molecule has 22 heavy (non-hydrogen) atoms. The maximum absolute atomic E-state index is 13.0. The number of hydrogen-bond donors (Lipinski definition) is 1. The van der Waals surface area contributed by atoms with Crippen LogP contribution in [0.5, 0.6) is 5.75 Å². The number of amides is 1. The Morgan fingerprint density at radius 2 is 2.23 bits per heavy atom. The van der Waals surface area contributed by atoms with E-state index < -0.39 is 23.7 Å². The highest BCUT2D eigenvalue weighted by atomic mass is 35.5. The molecular formula is C15H17ClFNO4. The van der Waals surface area contributed by atoms with E-state index in [1.807, 2.05) is 6.92 Å². The number of piperidine rings is 1. The molecule has 2 atom stereocenters. The molecule has 120 valence electrons. The van der Waals surface area contributed by atoms with Crippen molar-refractivity contribution in [2.75, 3.05) is 13.2 Å². The molecule has 1 amide bonds. The van der Waals surface area contributed by atoms with Crippen molar-refractivity contribution in [1.29, 1.82) is 0 Å². The third kappa shape index (κ3) is 3.88. The van der Waals surface area contributed by atoms with E-state index in [0.717, 1.165) is 12.5 Å². The summed E-state index contributed by atoms with van der Waals surface area (Å²) in [6, 6.07) is 2.96. The number of hydrogen-bond acceptors (Lipinski definition) is 3. The average molecular weight is 330 g/mol. The Bertz CT molecular complexity index is 581. The van der Waals surface area contributed by atoms with Crippen LogP contribution in [0.1, 0.15) is 19.8 Å². The largest absolute Gasteiger partial charge is 0.484 e. The molecule has 0 saturated carbocycles. The molecule has 0 radical (unpaired) electrons. The number of nitrogens with zero attached hydrogens (tertiary/aromatic N) is 1. The summed E-state index contributed by atoms with van der Waals surface area (Å²) in [5, 5.41) is 9.14. The summed E-state index contributed by atoms with van der Waals surface area (Å²) in [7, 11) is 0. The second kappa shape index (κ2) is 6.96. The van der Waals surface area contributed by atoms with Gasteiger partial charge in [0.15, 0.2) is 6.61 Å². The third-order valence-corrected chi connectivity index (χ3v) is 4.01. The smallest absolute Gasteiger partial charge is 0.326 e. The lowest BCUT2D eigenvalue weighted by atomic mass is 9.92. The van der Waals surface area contributed by atoms with Crippen molar-refractivity contribution in [1.82, 2.24) is 4.90 Å². The topological polar surface area (TPSA) is 66.8 Å². The Kier molecular flexibility index (Phi) is 5.24. The van der Waals surface area contributed by atoms with Crippen LogP contribution in [-0.2, 0) is 9.59 Å². The number of ether oxygens (including phenoxy) is 1. The highest BCUT2D eigenvalue weighted by molar-refractivity contribution is 6.30. The first-order valence-electron chi connectivity index (χ1n) is 6.98. The summed E-state index contributed by atoms with van der Waals surface area (Å²) in [6.07, 6.45) is 1.20. The van der Waals surface area contributed by atoms with Crippen molar-refractivity contribution < 1.29 is 23.8 Å². The molecule has 1 aromatic rings. The quantitative estimate of drug-likeness (QED) is 0.922. The van der Waals surface area contributed by atoms with Gasteiger partial charge in [-0.25, -0.2) is 9.18 Å². The number of halogens is 2. The SMILES string of the molecule is CC1CCN(C(=O)COc2ccc(F)c(Cl)c2)C(C(=O)O)C1. The second-order valence-corrected chi connectivity index (χ2v) is 5.84. The van der Waals surface area contributed by atoms with Crippen molar-refractivity contribution in [2.45, 2.75) is 25.8 Å². The second-order valence-electron chi connectivity index (χ2n) is 5.44. The molecule has 2 unspecified atom stereocenters. The Hall–Kier alpha value is -1.82. The summed E-state index contributed by atoms with van der Waals surface area (Å²) in [6.45, 7) is 2.05. The molecular weight excluding hydrogens is 313 g/mol. The molecule has 0 spiro atoms. The van der Waals surface area contributed by atoms with Crippen LogP contribution in [-0.4, -0.2) is 41.1 Å². The van der Waals surface area contributed by atoms with Crippen LogP contribution in [0.15, 0.2) is 18.2 Å². The first-order valence-corrected chi connectivity index (χ1v) is 7.36. The molecule has 5 nitrogen and oxygen atoms in total. The van der Waals surface area contributed by atoms with Crippen LogP contribution in [0, 0.1) is 11.7 Å². The highest BCUT2D eigenvalue weighted by Gasteiger charge is 2.34. The minimum atomic E-state index is -1.01. The molecule has 0 aliphatic carbocycles. The monoisotopic (exact) mass is 329 g/mol. The number of aliphatic carboxylic acids is 1. The van der Waals surface area contributed by atoms with Gasteiger partial charge in [0, 0.05) is 12.6 Å². The van der Waals surface area contributed by atoms with Crippen molar-refractivity contribution in [2.24, 2.45) is 5.92 Å². The van der Waals surface area contributed by atoms with Gasteiger partial charge < -0.3 is 14.7 Å². The zero-order chi connectivity index (χ0) is 16.3. The van der Waals surface area contributed by atoms with Crippen LogP contribution >= 0.6 is 11.6 Å². The van der Waals surface area contributed by atoms with Gasteiger partial charge in [0.25, 0.3) is 5.91 Å². The molecule has 1 fully saturated rings. The number of likely N-dealkylation sites (tertiary alicyclic amines) is 1. The number of carbonyl (C=O) groups excluding carboxylic acids is 1. The summed E-state index contributed by atoms with van der Waals surface area (Å²) < 4.78 is 18.3. The number of rotatable bonds is 4. The van der Waals surface area contributed by atoms with Gasteiger partial charge in [-0.15, -0.1) is 0 Å². The molecule has 1 N–H and O–H groups in total. The molecule has 1 heterocycles. The van der Waals surface area contributed by atoms with E-state index in [1.165, 1.54) is 17.0 Å². The Morgan fingerprint density at radius 1 is 1.50 bits per heavy atom. The highest BCUT2D eigenvalue weighted by Crippen LogP contribution is 2.24. The zero-order valence-electron chi connectivity index (χ0n) is 12.1. The number of benzene rings is 1. The van der Waals surface area contributed by atoms with Gasteiger partial charge >= 0.3 is 5.97 Å². The van der Waals surface area contributed by atoms with Crippen LogP contribution < -0.4 is 4.74 Å². The summed E-state index contributed by atoms with van der Waals surface area (Å²) in [5.41, 5.74) is 0. The maximum Gasteiger partial charge on any atom is 0.326 e. The average Bonchev–Trinajstić information content (AvgIpc) is 2.48. The molecule has 1 aliphatic rings. The molecule has 2 rings (SSSR count). The minimum Gasteiger partial charge on any atom is -0.484 e. The van der Waals surface area contributed by atoms with Crippen molar-refractivity contribution in [3.63, 3.8) is 0 Å². The lowest BCUT2D eigenvalue weighted by molar-refractivity contribution is -0.153. The van der Waals surface area contributed by atoms with Crippen LogP contribution in [0.25, 0.3) is 0 Å². The predicted octanol–water partition coefficient (Wildman–Crippen LogP) is 2.57.